The predicted molar refractivity (Wildman–Crippen MR) is 65.6 cm³/mol. The van der Waals surface area contributed by atoms with Crippen LogP contribution in [0.2, 0.25) is 0 Å². The first-order chi connectivity index (χ1) is 7.79. The zero-order valence-electron chi connectivity index (χ0n) is 10.1. The Kier molecular flexibility index (Phi) is 3.72. The van der Waals surface area contributed by atoms with E-state index in [9.17, 15) is 0 Å². The van der Waals surface area contributed by atoms with Crippen molar-refractivity contribution in [2.24, 2.45) is 0 Å². The van der Waals surface area contributed by atoms with E-state index >= 15 is 0 Å². The second-order valence-electron chi connectivity index (χ2n) is 4.39. The van der Waals surface area contributed by atoms with Crippen LogP contribution in [0.1, 0.15) is 25.5 Å². The van der Waals surface area contributed by atoms with Crippen molar-refractivity contribution in [2.75, 3.05) is 25.5 Å². The first-order valence-corrected chi connectivity index (χ1v) is 6.04. The summed E-state index contributed by atoms with van der Waals surface area (Å²) in [6, 6.07) is 2.86. The van der Waals surface area contributed by atoms with E-state index in [0.717, 1.165) is 37.1 Å². The van der Waals surface area contributed by atoms with E-state index in [2.05, 4.69) is 34.2 Å². The van der Waals surface area contributed by atoms with Crippen molar-refractivity contribution in [3.05, 3.63) is 18.1 Å². The Labute approximate surface area is 97.1 Å². The van der Waals surface area contributed by atoms with Crippen molar-refractivity contribution in [3.8, 4) is 0 Å². The second-order valence-corrected chi connectivity index (χ2v) is 4.39. The number of nitrogens with zero attached hydrogens (tertiary/aromatic N) is 3. The number of aromatic nitrogens is 2. The predicted octanol–water partition coefficient (Wildman–Crippen LogP) is 1.55. The highest BCUT2D eigenvalue weighted by atomic mass is 15.2. The first-order valence-electron chi connectivity index (χ1n) is 6.04. The van der Waals surface area contributed by atoms with Gasteiger partial charge in [-0.3, -0.25) is 0 Å². The van der Waals surface area contributed by atoms with E-state index in [1.165, 1.54) is 12.8 Å². The van der Waals surface area contributed by atoms with E-state index in [-0.39, 0.29) is 0 Å². The molecule has 2 rings (SSSR count). The molecule has 1 N–H and O–H groups in total. The quantitative estimate of drug-likeness (QED) is 0.789. The van der Waals surface area contributed by atoms with Crippen LogP contribution >= 0.6 is 0 Å². The van der Waals surface area contributed by atoms with Crippen LogP contribution < -0.4 is 5.32 Å². The molecule has 4 heteroatoms. The van der Waals surface area contributed by atoms with Crippen LogP contribution in [0, 0.1) is 0 Å². The van der Waals surface area contributed by atoms with E-state index in [1.54, 1.807) is 6.33 Å². The van der Waals surface area contributed by atoms with E-state index in [1.807, 2.05) is 6.07 Å². The number of likely N-dealkylation sites (N-methyl/N-ethyl adjacent to an activating group) is 1. The molecule has 0 radical (unpaired) electrons. The second kappa shape index (κ2) is 5.25. The van der Waals surface area contributed by atoms with Crippen molar-refractivity contribution in [2.45, 2.75) is 32.2 Å². The molecule has 88 valence electrons. The van der Waals surface area contributed by atoms with Gasteiger partial charge in [-0.2, -0.15) is 0 Å². The maximum absolute atomic E-state index is 4.20. The average Bonchev–Trinajstić information content (AvgIpc) is 3.13. The lowest BCUT2D eigenvalue weighted by atomic mass is 10.3. The fourth-order valence-corrected chi connectivity index (χ4v) is 1.75. The Morgan fingerprint density at radius 3 is 2.94 bits per heavy atom. The van der Waals surface area contributed by atoms with Crippen molar-refractivity contribution in [3.63, 3.8) is 0 Å². The first kappa shape index (κ1) is 11.3. The molecule has 1 heterocycles. The highest BCUT2D eigenvalue weighted by Gasteiger charge is 2.25. The average molecular weight is 220 g/mol. The summed E-state index contributed by atoms with van der Waals surface area (Å²) in [5.74, 6) is 0.941. The minimum absolute atomic E-state index is 0.832. The Morgan fingerprint density at radius 2 is 2.25 bits per heavy atom. The zero-order valence-corrected chi connectivity index (χ0v) is 10.1. The van der Waals surface area contributed by atoms with Gasteiger partial charge in [0.2, 0.25) is 0 Å². The SMILES string of the molecule is CCc1cc(NCCN(C)C2CC2)ncn1. The molecule has 0 bridgehead atoms. The molecule has 1 saturated carbocycles. The Morgan fingerprint density at radius 1 is 1.44 bits per heavy atom. The summed E-state index contributed by atoms with van der Waals surface area (Å²) in [6.45, 7) is 4.14. The molecule has 0 aliphatic heterocycles. The maximum Gasteiger partial charge on any atom is 0.129 e. The Hall–Kier alpha value is -1.16. The van der Waals surface area contributed by atoms with Crippen molar-refractivity contribution in [1.82, 2.24) is 14.9 Å². The number of hydrogen-bond donors (Lipinski definition) is 1. The number of hydrogen-bond acceptors (Lipinski definition) is 4. The number of rotatable bonds is 6. The fraction of sp³-hybridized carbons (Fsp3) is 0.667. The van der Waals surface area contributed by atoms with Crippen molar-refractivity contribution < 1.29 is 0 Å². The van der Waals surface area contributed by atoms with Crippen LogP contribution in [0.4, 0.5) is 5.82 Å². The van der Waals surface area contributed by atoms with Gasteiger partial charge in [-0.1, -0.05) is 6.92 Å². The molecule has 0 aromatic carbocycles. The summed E-state index contributed by atoms with van der Waals surface area (Å²) in [5, 5.41) is 3.34. The maximum atomic E-state index is 4.20. The topological polar surface area (TPSA) is 41.0 Å². The third-order valence-electron chi connectivity index (χ3n) is 3.03. The molecule has 0 spiro atoms. The van der Waals surface area contributed by atoms with E-state index in [0.29, 0.717) is 0 Å². The number of aryl methyl sites for hydroxylation is 1. The van der Waals surface area contributed by atoms with Crippen LogP contribution in [0.5, 0.6) is 0 Å². The van der Waals surface area contributed by atoms with E-state index < -0.39 is 0 Å². The molecule has 1 aliphatic rings. The lowest BCUT2D eigenvalue weighted by Crippen LogP contribution is -2.27. The lowest BCUT2D eigenvalue weighted by molar-refractivity contribution is 0.337. The fourth-order valence-electron chi connectivity index (χ4n) is 1.75. The molecule has 0 unspecified atom stereocenters. The molecule has 16 heavy (non-hydrogen) atoms. The Bertz CT molecular complexity index is 336. The Balaban J connectivity index is 1.75. The molecule has 4 nitrogen and oxygen atoms in total. The standard InChI is InChI=1S/C12H20N4/c1-3-10-8-12(15-9-14-10)13-6-7-16(2)11-4-5-11/h8-9,11H,3-7H2,1-2H3,(H,13,14,15). The van der Waals surface area contributed by atoms with Gasteiger partial charge in [-0.25, -0.2) is 9.97 Å². The van der Waals surface area contributed by atoms with Gasteiger partial charge in [-0.15, -0.1) is 0 Å². The summed E-state index contributed by atoms with van der Waals surface area (Å²) < 4.78 is 0. The van der Waals surface area contributed by atoms with Crippen LogP contribution in [0.25, 0.3) is 0 Å². The van der Waals surface area contributed by atoms with Gasteiger partial charge in [0.1, 0.15) is 12.1 Å². The monoisotopic (exact) mass is 220 g/mol. The largest absolute Gasteiger partial charge is 0.369 e. The molecule has 0 saturated heterocycles. The summed E-state index contributed by atoms with van der Waals surface area (Å²) in [7, 11) is 2.19. The molecular weight excluding hydrogens is 200 g/mol. The summed E-state index contributed by atoms with van der Waals surface area (Å²) >= 11 is 0. The molecule has 1 aliphatic carbocycles. The summed E-state index contributed by atoms with van der Waals surface area (Å²) in [6.07, 6.45) is 5.32. The highest BCUT2D eigenvalue weighted by Crippen LogP contribution is 2.24. The minimum Gasteiger partial charge on any atom is -0.369 e. The lowest BCUT2D eigenvalue weighted by Gasteiger charge is -2.15. The molecule has 0 amide bonds. The van der Waals surface area contributed by atoms with Gasteiger partial charge in [0.25, 0.3) is 0 Å². The van der Waals surface area contributed by atoms with Crippen LogP contribution in [-0.2, 0) is 6.42 Å². The third-order valence-corrected chi connectivity index (χ3v) is 3.03. The molecule has 1 aromatic rings. The van der Waals surface area contributed by atoms with Crippen LogP contribution in [0.15, 0.2) is 12.4 Å². The molecular formula is C12H20N4. The van der Waals surface area contributed by atoms with Gasteiger partial charge in [-0.05, 0) is 26.3 Å². The van der Waals surface area contributed by atoms with Gasteiger partial charge in [0.05, 0.1) is 0 Å². The van der Waals surface area contributed by atoms with Crippen molar-refractivity contribution >= 4 is 5.82 Å². The van der Waals surface area contributed by atoms with Gasteiger partial charge < -0.3 is 10.2 Å². The van der Waals surface area contributed by atoms with Gasteiger partial charge in [0.15, 0.2) is 0 Å². The molecule has 0 atom stereocenters. The van der Waals surface area contributed by atoms with Crippen LogP contribution in [-0.4, -0.2) is 41.0 Å². The number of anilines is 1. The molecule has 1 aromatic heterocycles. The zero-order chi connectivity index (χ0) is 11.4. The van der Waals surface area contributed by atoms with Crippen LogP contribution in [0.3, 0.4) is 0 Å². The summed E-state index contributed by atoms with van der Waals surface area (Å²) in [4.78, 5) is 10.8. The highest BCUT2D eigenvalue weighted by molar-refractivity contribution is 5.34. The van der Waals surface area contributed by atoms with Crippen molar-refractivity contribution in [1.29, 1.82) is 0 Å². The summed E-state index contributed by atoms with van der Waals surface area (Å²) in [5.41, 5.74) is 1.09. The third kappa shape index (κ3) is 3.17. The smallest absolute Gasteiger partial charge is 0.129 e. The number of nitrogens with one attached hydrogen (secondary N) is 1. The normalized spacial score (nSPS) is 15.4. The van der Waals surface area contributed by atoms with E-state index in [4.69, 9.17) is 0 Å². The minimum atomic E-state index is 0.832. The van der Waals surface area contributed by atoms with Gasteiger partial charge in [0, 0.05) is 30.9 Å². The van der Waals surface area contributed by atoms with Gasteiger partial charge >= 0.3 is 0 Å². The molecule has 1 fully saturated rings.